The summed E-state index contributed by atoms with van der Waals surface area (Å²) in [7, 11) is 0. The molecule has 2 rings (SSSR count). The van der Waals surface area contributed by atoms with Crippen LogP contribution in [0.25, 0.3) is 0 Å². The molecule has 0 radical (unpaired) electrons. The molecule has 0 bridgehead atoms. The van der Waals surface area contributed by atoms with Gasteiger partial charge < -0.3 is 4.90 Å². The van der Waals surface area contributed by atoms with Crippen molar-refractivity contribution in [2.45, 2.75) is 18.8 Å². The van der Waals surface area contributed by atoms with Gasteiger partial charge >= 0.3 is 0 Å². The van der Waals surface area contributed by atoms with Gasteiger partial charge in [0.15, 0.2) is 0 Å². The molecule has 15 heavy (non-hydrogen) atoms. The summed E-state index contributed by atoms with van der Waals surface area (Å²) in [4.78, 5) is 17.7. The van der Waals surface area contributed by atoms with Crippen LogP contribution in [0.4, 0.5) is 0 Å². The third-order valence-electron chi connectivity index (χ3n) is 2.71. The van der Waals surface area contributed by atoms with Crippen LogP contribution in [0.15, 0.2) is 24.2 Å². The number of piperidine rings is 1. The molecule has 1 aromatic heterocycles. The smallest absolute Gasteiger partial charge is 0.245 e. The van der Waals surface area contributed by atoms with Gasteiger partial charge in [-0.15, -0.1) is 11.3 Å². The first kappa shape index (κ1) is 10.4. The van der Waals surface area contributed by atoms with Gasteiger partial charge in [0.2, 0.25) is 5.91 Å². The Bertz CT molecular complexity index is 347. The maximum atomic E-state index is 11.5. The fraction of sp³-hybridized carbons (Fsp3) is 0.455. The summed E-state index contributed by atoms with van der Waals surface area (Å²) in [6.07, 6.45) is 5.41. The monoisotopic (exact) mass is 222 g/mol. The first-order chi connectivity index (χ1) is 7.31. The zero-order valence-corrected chi connectivity index (χ0v) is 9.37. The van der Waals surface area contributed by atoms with Crippen molar-refractivity contribution in [2.24, 2.45) is 0 Å². The van der Waals surface area contributed by atoms with Gasteiger partial charge in [-0.05, 0) is 18.9 Å². The molecule has 1 amide bonds. The molecular weight excluding hydrogens is 208 g/mol. The van der Waals surface area contributed by atoms with Gasteiger partial charge in [-0.25, -0.2) is 4.98 Å². The highest BCUT2D eigenvalue weighted by atomic mass is 32.1. The Hall–Kier alpha value is -1.16. The van der Waals surface area contributed by atoms with Crippen molar-refractivity contribution in [2.75, 3.05) is 13.1 Å². The summed E-state index contributed by atoms with van der Waals surface area (Å²) in [6.45, 7) is 5.16. The second kappa shape index (κ2) is 4.57. The predicted molar refractivity (Wildman–Crippen MR) is 60.9 cm³/mol. The molecule has 0 N–H and O–H groups in total. The molecular formula is C11H14N2OS. The highest BCUT2D eigenvalue weighted by Crippen LogP contribution is 2.28. The van der Waals surface area contributed by atoms with Crippen LogP contribution in [0.2, 0.25) is 0 Å². The highest BCUT2D eigenvalue weighted by molar-refractivity contribution is 7.09. The van der Waals surface area contributed by atoms with Crippen LogP contribution < -0.4 is 0 Å². The van der Waals surface area contributed by atoms with E-state index in [9.17, 15) is 4.79 Å². The number of carbonyl (C=O) groups excluding carboxylic acids is 1. The lowest BCUT2D eigenvalue weighted by molar-refractivity contribution is -0.127. The molecule has 3 nitrogen and oxygen atoms in total. The topological polar surface area (TPSA) is 33.2 Å². The normalized spacial score (nSPS) is 21.3. The van der Waals surface area contributed by atoms with Crippen molar-refractivity contribution in [3.63, 3.8) is 0 Å². The molecule has 1 aromatic rings. The van der Waals surface area contributed by atoms with Crippen molar-refractivity contribution >= 4 is 17.2 Å². The SMILES string of the molecule is C=CC(=O)N1CCCC(c2nccs2)C1. The van der Waals surface area contributed by atoms with Crippen molar-refractivity contribution in [1.82, 2.24) is 9.88 Å². The van der Waals surface area contributed by atoms with Crippen LogP contribution in [0.1, 0.15) is 23.8 Å². The van der Waals surface area contributed by atoms with E-state index in [0.717, 1.165) is 30.9 Å². The van der Waals surface area contributed by atoms with Crippen LogP contribution in [0.5, 0.6) is 0 Å². The summed E-state index contributed by atoms with van der Waals surface area (Å²) in [5.41, 5.74) is 0. The van der Waals surface area contributed by atoms with Crippen molar-refractivity contribution in [1.29, 1.82) is 0 Å². The number of amides is 1. The number of thiazole rings is 1. The van der Waals surface area contributed by atoms with Gasteiger partial charge in [-0.3, -0.25) is 4.79 Å². The lowest BCUT2D eigenvalue weighted by Gasteiger charge is -2.30. The van der Waals surface area contributed by atoms with Gasteiger partial charge in [0.25, 0.3) is 0 Å². The molecule has 1 atom stereocenters. The first-order valence-electron chi connectivity index (χ1n) is 5.12. The Morgan fingerprint density at radius 2 is 2.60 bits per heavy atom. The molecule has 0 aliphatic carbocycles. The molecule has 2 heterocycles. The molecule has 0 spiro atoms. The summed E-state index contributed by atoms with van der Waals surface area (Å²) in [5.74, 6) is 0.457. The van der Waals surface area contributed by atoms with Crippen molar-refractivity contribution in [3.8, 4) is 0 Å². The first-order valence-corrected chi connectivity index (χ1v) is 6.00. The number of hydrogen-bond acceptors (Lipinski definition) is 3. The van der Waals surface area contributed by atoms with Crippen LogP contribution in [-0.2, 0) is 4.79 Å². The second-order valence-electron chi connectivity index (χ2n) is 3.70. The fourth-order valence-electron chi connectivity index (χ4n) is 1.94. The average molecular weight is 222 g/mol. The zero-order valence-electron chi connectivity index (χ0n) is 8.56. The molecule has 1 unspecified atom stereocenters. The van der Waals surface area contributed by atoms with E-state index < -0.39 is 0 Å². The van der Waals surface area contributed by atoms with E-state index in [0.29, 0.717) is 5.92 Å². The van der Waals surface area contributed by atoms with E-state index in [1.165, 1.54) is 6.08 Å². The van der Waals surface area contributed by atoms with Gasteiger partial charge in [0.05, 0.1) is 5.01 Å². The summed E-state index contributed by atoms with van der Waals surface area (Å²) < 4.78 is 0. The average Bonchev–Trinajstić information content (AvgIpc) is 2.82. The molecule has 1 aliphatic rings. The fourth-order valence-corrected chi connectivity index (χ4v) is 2.71. The van der Waals surface area contributed by atoms with Crippen molar-refractivity contribution in [3.05, 3.63) is 29.2 Å². The highest BCUT2D eigenvalue weighted by Gasteiger charge is 2.24. The van der Waals surface area contributed by atoms with Crippen LogP contribution in [-0.4, -0.2) is 28.9 Å². The Morgan fingerprint density at radius 3 is 3.27 bits per heavy atom. The lowest BCUT2D eigenvalue weighted by atomic mass is 9.99. The Balaban J connectivity index is 2.04. The molecule has 1 fully saturated rings. The number of aromatic nitrogens is 1. The third-order valence-corrected chi connectivity index (χ3v) is 3.65. The van der Waals surface area contributed by atoms with E-state index in [1.807, 2.05) is 16.5 Å². The minimum absolute atomic E-state index is 0.0382. The minimum Gasteiger partial charge on any atom is -0.338 e. The van der Waals surface area contributed by atoms with Gasteiger partial charge in [-0.2, -0.15) is 0 Å². The summed E-state index contributed by atoms with van der Waals surface area (Å²) in [5, 5.41) is 3.14. The number of hydrogen-bond donors (Lipinski definition) is 0. The molecule has 0 aromatic carbocycles. The molecule has 0 saturated carbocycles. The molecule has 80 valence electrons. The standard InChI is InChI=1S/C11H14N2OS/c1-2-10(14)13-6-3-4-9(8-13)11-12-5-7-15-11/h2,5,7,9H,1,3-4,6,8H2. The largest absolute Gasteiger partial charge is 0.338 e. The Kier molecular flexibility index (Phi) is 3.16. The minimum atomic E-state index is 0.0382. The predicted octanol–water partition coefficient (Wildman–Crippen LogP) is 2.04. The number of carbonyl (C=O) groups is 1. The number of likely N-dealkylation sites (tertiary alicyclic amines) is 1. The van der Waals surface area contributed by atoms with E-state index in [1.54, 1.807) is 11.3 Å². The number of nitrogens with zero attached hydrogens (tertiary/aromatic N) is 2. The van der Waals surface area contributed by atoms with Crippen LogP contribution in [0.3, 0.4) is 0 Å². The van der Waals surface area contributed by atoms with Crippen LogP contribution >= 0.6 is 11.3 Å². The third kappa shape index (κ3) is 2.26. The lowest BCUT2D eigenvalue weighted by Crippen LogP contribution is -2.38. The Labute approximate surface area is 93.4 Å². The molecule has 1 aliphatic heterocycles. The zero-order chi connectivity index (χ0) is 10.7. The van der Waals surface area contributed by atoms with Gasteiger partial charge in [0.1, 0.15) is 0 Å². The Morgan fingerprint density at radius 1 is 1.73 bits per heavy atom. The summed E-state index contributed by atoms with van der Waals surface area (Å²) in [6, 6.07) is 0. The van der Waals surface area contributed by atoms with E-state index in [-0.39, 0.29) is 5.91 Å². The van der Waals surface area contributed by atoms with E-state index >= 15 is 0 Å². The van der Waals surface area contributed by atoms with Gasteiger partial charge in [-0.1, -0.05) is 6.58 Å². The van der Waals surface area contributed by atoms with E-state index in [2.05, 4.69) is 11.6 Å². The van der Waals surface area contributed by atoms with Crippen molar-refractivity contribution < 1.29 is 4.79 Å². The number of rotatable bonds is 2. The van der Waals surface area contributed by atoms with Crippen LogP contribution in [0, 0.1) is 0 Å². The van der Waals surface area contributed by atoms with E-state index in [4.69, 9.17) is 0 Å². The maximum absolute atomic E-state index is 11.5. The maximum Gasteiger partial charge on any atom is 0.245 e. The summed E-state index contributed by atoms with van der Waals surface area (Å²) >= 11 is 1.68. The molecule has 1 saturated heterocycles. The quantitative estimate of drug-likeness (QED) is 0.717. The molecule has 4 heteroatoms. The second-order valence-corrected chi connectivity index (χ2v) is 4.62. The van der Waals surface area contributed by atoms with Gasteiger partial charge in [0, 0.05) is 30.6 Å².